The number of hydrogen-bond acceptors (Lipinski definition) is 4. The van der Waals surface area contributed by atoms with Crippen LogP contribution in [-0.2, 0) is 30.5 Å². The summed E-state index contributed by atoms with van der Waals surface area (Å²) in [5.74, 6) is 0. The van der Waals surface area contributed by atoms with E-state index in [0.29, 0.717) is 5.04 Å². The largest absolute Gasteiger partial charge is 0.412 e. The van der Waals surface area contributed by atoms with Gasteiger partial charge in [-0.3, -0.25) is 0 Å². The standard InChI is InChI=1S/C16H27NOSi.C10H13NO.C6H15ClSi/c1-16(2,3)19(4,5)18-12-14-9-6-8-13-10-7-11-17-15(13)14;12-7-9-4-1-3-8-5-2-6-11-10(8)9;1-6(2,3)8(4,5)7/h6,8-9,17H,7,10-12H2,1-5H3;1,3-4,11-12H,2,5-7H2;1-5H3. The molecular formula is C32H55ClN2O2Si2. The van der Waals surface area contributed by atoms with Crippen LogP contribution in [0.15, 0.2) is 36.4 Å². The third-order valence-corrected chi connectivity index (χ3v) is 18.4. The zero-order valence-electron chi connectivity index (χ0n) is 26.4. The molecule has 2 aromatic rings. The van der Waals surface area contributed by atoms with Crippen molar-refractivity contribution in [1.82, 2.24) is 0 Å². The average Bonchev–Trinajstić information content (AvgIpc) is 2.86. The van der Waals surface area contributed by atoms with Gasteiger partial charge in [0.05, 0.1) is 13.2 Å². The minimum atomic E-state index is -1.66. The van der Waals surface area contributed by atoms with Crippen molar-refractivity contribution in [3.8, 4) is 0 Å². The number of aliphatic hydroxyl groups excluding tert-OH is 1. The fourth-order valence-corrected chi connectivity index (χ4v) is 4.84. The number of fused-ring (bicyclic) bond motifs is 2. The summed E-state index contributed by atoms with van der Waals surface area (Å²) in [5.41, 5.74) is 7.61. The molecule has 0 bridgehead atoms. The van der Waals surface area contributed by atoms with E-state index in [9.17, 15) is 0 Å². The Morgan fingerprint density at radius 3 is 1.62 bits per heavy atom. The van der Waals surface area contributed by atoms with Crippen molar-refractivity contribution >= 4 is 38.2 Å². The van der Waals surface area contributed by atoms with E-state index in [1.807, 2.05) is 12.1 Å². The number of anilines is 2. The van der Waals surface area contributed by atoms with Crippen molar-refractivity contribution in [2.24, 2.45) is 0 Å². The van der Waals surface area contributed by atoms with Gasteiger partial charge in [-0.2, -0.15) is 11.1 Å². The molecule has 0 atom stereocenters. The van der Waals surface area contributed by atoms with E-state index in [-0.39, 0.29) is 11.6 Å². The molecule has 0 aromatic heterocycles. The molecular weight excluding hydrogens is 536 g/mol. The SMILES string of the molecule is CC(C)(C)[Si](C)(C)Cl.CC(C)(C)[Si](C)(C)OCc1cccc2c1NCCC2.OCc1cccc2c1NCCC2. The lowest BCUT2D eigenvalue weighted by Gasteiger charge is -2.36. The second kappa shape index (κ2) is 14.0. The van der Waals surface area contributed by atoms with Gasteiger partial charge >= 0.3 is 0 Å². The van der Waals surface area contributed by atoms with Crippen LogP contribution in [0.3, 0.4) is 0 Å². The summed E-state index contributed by atoms with van der Waals surface area (Å²) >= 11 is 6.15. The molecule has 4 rings (SSSR count). The van der Waals surface area contributed by atoms with Crippen molar-refractivity contribution in [2.75, 3.05) is 23.7 Å². The molecule has 0 saturated carbocycles. The van der Waals surface area contributed by atoms with Crippen LogP contribution < -0.4 is 10.6 Å². The zero-order valence-corrected chi connectivity index (χ0v) is 29.1. The first-order valence-corrected chi connectivity index (χ1v) is 21.5. The number of halogens is 1. The number of hydrogen-bond donors (Lipinski definition) is 3. The molecule has 0 fully saturated rings. The van der Waals surface area contributed by atoms with Crippen molar-refractivity contribution in [1.29, 1.82) is 0 Å². The van der Waals surface area contributed by atoms with E-state index in [1.54, 1.807) is 0 Å². The number of rotatable bonds is 4. The molecule has 39 heavy (non-hydrogen) atoms. The van der Waals surface area contributed by atoms with Gasteiger partial charge in [-0.25, -0.2) is 0 Å². The maximum absolute atomic E-state index is 9.05. The number of para-hydroxylation sites is 2. The molecule has 3 N–H and O–H groups in total. The Kier molecular flexibility index (Phi) is 12.2. The first kappa shape index (κ1) is 33.9. The van der Waals surface area contributed by atoms with E-state index in [4.69, 9.17) is 20.6 Å². The Balaban J connectivity index is 0.000000228. The zero-order chi connectivity index (χ0) is 29.5. The molecule has 0 aliphatic carbocycles. The number of benzene rings is 2. The predicted octanol–water partition coefficient (Wildman–Crippen LogP) is 9.33. The normalized spacial score (nSPS) is 15.3. The Morgan fingerprint density at radius 1 is 0.769 bits per heavy atom. The monoisotopic (exact) mass is 590 g/mol. The molecule has 2 aromatic carbocycles. The van der Waals surface area contributed by atoms with Gasteiger partial charge in [0.15, 0.2) is 15.7 Å². The maximum atomic E-state index is 9.05. The summed E-state index contributed by atoms with van der Waals surface area (Å²) in [6.45, 7) is 25.4. The van der Waals surface area contributed by atoms with Gasteiger partial charge in [0.25, 0.3) is 0 Å². The predicted molar refractivity (Wildman–Crippen MR) is 177 cm³/mol. The second-order valence-corrected chi connectivity index (χ2v) is 26.0. The van der Waals surface area contributed by atoms with Crippen molar-refractivity contribution < 1.29 is 9.53 Å². The van der Waals surface area contributed by atoms with E-state index >= 15 is 0 Å². The third-order valence-electron chi connectivity index (χ3n) is 8.67. The number of nitrogens with one attached hydrogen (secondary N) is 2. The lowest BCUT2D eigenvalue weighted by Crippen LogP contribution is -2.40. The van der Waals surface area contributed by atoms with Gasteiger partial charge in [-0.1, -0.05) is 91.0 Å². The summed E-state index contributed by atoms with van der Waals surface area (Å²) in [5, 5.41) is 16.5. The van der Waals surface area contributed by atoms with E-state index in [2.05, 4.69) is 103 Å². The summed E-state index contributed by atoms with van der Waals surface area (Å²) in [6, 6.07) is 12.7. The van der Waals surface area contributed by atoms with Crippen LogP contribution in [0.2, 0.25) is 36.3 Å². The minimum absolute atomic E-state index is 0.135. The maximum Gasteiger partial charge on any atom is 0.192 e. The Hall–Kier alpha value is -1.32. The fourth-order valence-electron chi connectivity index (χ4n) is 3.89. The van der Waals surface area contributed by atoms with Crippen molar-refractivity contribution in [3.05, 3.63) is 58.7 Å². The molecule has 2 aliphatic heterocycles. The van der Waals surface area contributed by atoms with Crippen LogP contribution in [-0.4, -0.2) is 33.9 Å². The number of aliphatic hydroxyl groups is 1. The smallest absolute Gasteiger partial charge is 0.192 e. The van der Waals surface area contributed by atoms with Crippen molar-refractivity contribution in [2.45, 2.75) is 117 Å². The minimum Gasteiger partial charge on any atom is -0.412 e. The lowest BCUT2D eigenvalue weighted by molar-refractivity contribution is 0.276. The van der Waals surface area contributed by atoms with Crippen LogP contribution in [0, 0.1) is 0 Å². The Labute approximate surface area is 246 Å². The highest BCUT2D eigenvalue weighted by Gasteiger charge is 2.37. The third kappa shape index (κ3) is 9.92. The topological polar surface area (TPSA) is 53.5 Å². The quantitative estimate of drug-likeness (QED) is 0.245. The fraction of sp³-hybridized carbons (Fsp3) is 0.625. The molecule has 0 spiro atoms. The molecule has 0 radical (unpaired) electrons. The summed E-state index contributed by atoms with van der Waals surface area (Å²) < 4.78 is 6.34. The van der Waals surface area contributed by atoms with Gasteiger partial charge in [-0.15, -0.1) is 0 Å². The molecule has 7 heteroatoms. The van der Waals surface area contributed by atoms with Crippen molar-refractivity contribution in [3.63, 3.8) is 0 Å². The molecule has 2 aliphatic rings. The van der Waals surface area contributed by atoms with Crippen LogP contribution in [0.5, 0.6) is 0 Å². The Morgan fingerprint density at radius 2 is 1.21 bits per heavy atom. The first-order chi connectivity index (χ1) is 18.0. The van der Waals surface area contributed by atoms with Gasteiger partial charge in [-0.05, 0) is 65.5 Å². The van der Waals surface area contributed by atoms with Crippen LogP contribution in [0.25, 0.3) is 0 Å². The molecule has 220 valence electrons. The lowest BCUT2D eigenvalue weighted by atomic mass is 10.00. The first-order valence-electron chi connectivity index (χ1n) is 14.6. The molecule has 0 unspecified atom stereocenters. The molecule has 0 saturated heterocycles. The second-order valence-electron chi connectivity index (χ2n) is 13.9. The molecule has 2 heterocycles. The average molecular weight is 591 g/mol. The van der Waals surface area contributed by atoms with Gasteiger partial charge in [0, 0.05) is 30.0 Å². The van der Waals surface area contributed by atoms with Gasteiger partial charge in [0.1, 0.15) is 0 Å². The summed E-state index contributed by atoms with van der Waals surface area (Å²) in [6.07, 6.45) is 4.76. The highest BCUT2D eigenvalue weighted by molar-refractivity contribution is 7.20. The highest BCUT2D eigenvalue weighted by atomic mass is 35.6. The van der Waals surface area contributed by atoms with E-state index in [0.717, 1.165) is 37.4 Å². The molecule has 4 nitrogen and oxygen atoms in total. The van der Waals surface area contributed by atoms with Crippen LogP contribution in [0.1, 0.15) is 76.6 Å². The van der Waals surface area contributed by atoms with E-state index < -0.39 is 15.7 Å². The molecule has 0 amide bonds. The highest BCUT2D eigenvalue weighted by Crippen LogP contribution is 2.39. The van der Waals surface area contributed by atoms with Gasteiger partial charge < -0.3 is 20.2 Å². The van der Waals surface area contributed by atoms with Crippen LogP contribution in [0.4, 0.5) is 11.4 Å². The van der Waals surface area contributed by atoms with E-state index in [1.165, 1.54) is 41.6 Å². The summed E-state index contributed by atoms with van der Waals surface area (Å²) in [4.78, 5) is 0. The summed E-state index contributed by atoms with van der Waals surface area (Å²) in [7, 11) is -3.05. The van der Waals surface area contributed by atoms with Gasteiger partial charge in [0.2, 0.25) is 0 Å². The Bertz CT molecular complexity index is 1030. The number of aryl methyl sites for hydroxylation is 2. The van der Waals surface area contributed by atoms with Crippen LogP contribution >= 0.6 is 11.1 Å².